The van der Waals surface area contributed by atoms with Crippen molar-refractivity contribution >= 4 is 17.2 Å². The van der Waals surface area contributed by atoms with E-state index >= 15 is 0 Å². The summed E-state index contributed by atoms with van der Waals surface area (Å²) < 4.78 is 5.79. The van der Waals surface area contributed by atoms with Gasteiger partial charge in [0, 0.05) is 11.5 Å². The van der Waals surface area contributed by atoms with Crippen molar-refractivity contribution in [2.45, 2.75) is 58.3 Å². The molecule has 4 nitrogen and oxygen atoms in total. The topological polar surface area (TPSA) is 41.6 Å². The van der Waals surface area contributed by atoms with Gasteiger partial charge in [-0.1, -0.05) is 13.0 Å². The summed E-state index contributed by atoms with van der Waals surface area (Å²) in [6.07, 6.45) is 0.724. The molecule has 0 spiro atoms. The molecule has 0 aliphatic carbocycles. The van der Waals surface area contributed by atoms with E-state index in [0.29, 0.717) is 13.2 Å². The number of rotatable bonds is 6. The first kappa shape index (κ1) is 16.5. The van der Waals surface area contributed by atoms with Gasteiger partial charge < -0.3 is 9.64 Å². The van der Waals surface area contributed by atoms with E-state index in [2.05, 4.69) is 16.8 Å². The normalized spacial score (nSPS) is 26.6. The molecule has 2 rings (SSSR count). The lowest BCUT2D eigenvalue weighted by Gasteiger charge is -2.33. The summed E-state index contributed by atoms with van der Waals surface area (Å²) in [4.78, 5) is 16.0. The smallest absolute Gasteiger partial charge is 0.244 e. The second-order valence-corrected chi connectivity index (χ2v) is 7.35. The number of thiophene rings is 1. The van der Waals surface area contributed by atoms with E-state index in [1.54, 1.807) is 11.3 Å². The number of hydrogen-bond donors (Lipinski definition) is 1. The number of nitrogens with zero attached hydrogens (tertiary/aromatic N) is 1. The molecule has 1 amide bonds. The van der Waals surface area contributed by atoms with Crippen molar-refractivity contribution in [1.29, 1.82) is 0 Å². The Morgan fingerprint density at radius 2 is 2.19 bits per heavy atom. The van der Waals surface area contributed by atoms with Gasteiger partial charge in [-0.15, -0.1) is 11.3 Å². The molecule has 2 atom stereocenters. The van der Waals surface area contributed by atoms with Crippen molar-refractivity contribution in [3.63, 3.8) is 0 Å². The Hall–Kier alpha value is -0.910. The van der Waals surface area contributed by atoms with Crippen molar-refractivity contribution in [2.24, 2.45) is 0 Å². The van der Waals surface area contributed by atoms with Gasteiger partial charge in [-0.05, 0) is 45.6 Å². The maximum absolute atomic E-state index is 12.9. The minimum absolute atomic E-state index is 0.0535. The Bertz CT molecular complexity index is 486. The number of carbonyl (C=O) groups excluding carboxylic acids is 1. The van der Waals surface area contributed by atoms with Crippen LogP contribution < -0.4 is 5.32 Å². The summed E-state index contributed by atoms with van der Waals surface area (Å²) in [5.74, 6) is 0.163. The fourth-order valence-corrected chi connectivity index (χ4v) is 3.60. The van der Waals surface area contributed by atoms with E-state index in [9.17, 15) is 4.79 Å². The van der Waals surface area contributed by atoms with Gasteiger partial charge in [0.1, 0.15) is 6.17 Å². The van der Waals surface area contributed by atoms with E-state index < -0.39 is 5.54 Å². The van der Waals surface area contributed by atoms with Crippen molar-refractivity contribution in [3.8, 4) is 0 Å². The Morgan fingerprint density at radius 1 is 1.48 bits per heavy atom. The molecule has 0 aromatic carbocycles. The fraction of sp³-hybridized carbons (Fsp3) is 0.688. The minimum atomic E-state index is -0.489. The number of carbonyl (C=O) groups is 1. The molecule has 2 heterocycles. The predicted octanol–water partition coefficient (Wildman–Crippen LogP) is 3.16. The molecule has 0 saturated carbocycles. The van der Waals surface area contributed by atoms with E-state index in [0.717, 1.165) is 6.42 Å². The zero-order valence-corrected chi connectivity index (χ0v) is 14.4. The number of hydrogen-bond acceptors (Lipinski definition) is 4. The molecule has 21 heavy (non-hydrogen) atoms. The van der Waals surface area contributed by atoms with Crippen LogP contribution >= 0.6 is 11.3 Å². The van der Waals surface area contributed by atoms with Gasteiger partial charge in [-0.25, -0.2) is 0 Å². The molecule has 1 N–H and O–H groups in total. The van der Waals surface area contributed by atoms with Gasteiger partial charge in [0.15, 0.2) is 0 Å². The lowest BCUT2D eigenvalue weighted by Crippen LogP contribution is -2.46. The van der Waals surface area contributed by atoms with E-state index in [1.807, 2.05) is 45.6 Å². The molecule has 1 aliphatic heterocycles. The SMILES string of the molecule is CCOC(C)(C)CN1C(=O)C(C)(CC)NC1c1cccs1. The van der Waals surface area contributed by atoms with Crippen LogP contribution in [-0.4, -0.2) is 35.1 Å². The third kappa shape index (κ3) is 3.30. The monoisotopic (exact) mass is 310 g/mol. The Kier molecular flexibility index (Phi) is 4.76. The molecule has 1 aromatic heterocycles. The molecule has 0 bridgehead atoms. The summed E-state index contributed by atoms with van der Waals surface area (Å²) in [5.41, 5.74) is -0.836. The van der Waals surface area contributed by atoms with Crippen LogP contribution in [0.3, 0.4) is 0 Å². The van der Waals surface area contributed by atoms with Gasteiger partial charge >= 0.3 is 0 Å². The average Bonchev–Trinajstić information content (AvgIpc) is 3.01. The summed E-state index contributed by atoms with van der Waals surface area (Å²) in [6, 6.07) is 4.11. The summed E-state index contributed by atoms with van der Waals surface area (Å²) >= 11 is 1.68. The lowest BCUT2D eigenvalue weighted by molar-refractivity contribution is -0.137. The van der Waals surface area contributed by atoms with Crippen molar-refractivity contribution in [3.05, 3.63) is 22.4 Å². The molecule has 1 fully saturated rings. The van der Waals surface area contributed by atoms with Gasteiger partial charge in [0.05, 0.1) is 17.7 Å². The Balaban J connectivity index is 2.28. The maximum atomic E-state index is 12.9. The summed E-state index contributed by atoms with van der Waals surface area (Å²) in [6.45, 7) is 11.3. The van der Waals surface area contributed by atoms with Gasteiger partial charge in [-0.2, -0.15) is 0 Å². The highest BCUT2D eigenvalue weighted by Gasteiger charge is 2.48. The average molecular weight is 310 g/mol. The van der Waals surface area contributed by atoms with Crippen LogP contribution in [0.4, 0.5) is 0 Å². The van der Waals surface area contributed by atoms with Gasteiger partial charge in [0.25, 0.3) is 0 Å². The molecular formula is C16H26N2O2S. The van der Waals surface area contributed by atoms with Crippen LogP contribution in [0.1, 0.15) is 52.1 Å². The van der Waals surface area contributed by atoms with Crippen LogP contribution in [0.5, 0.6) is 0 Å². The van der Waals surface area contributed by atoms with Gasteiger partial charge in [0.2, 0.25) is 5.91 Å². The second kappa shape index (κ2) is 6.07. The van der Waals surface area contributed by atoms with E-state index in [-0.39, 0.29) is 17.7 Å². The summed E-state index contributed by atoms with van der Waals surface area (Å²) in [5, 5.41) is 5.57. The largest absolute Gasteiger partial charge is 0.374 e. The molecule has 5 heteroatoms. The number of ether oxygens (including phenoxy) is 1. The van der Waals surface area contributed by atoms with Crippen molar-refractivity contribution in [2.75, 3.05) is 13.2 Å². The van der Waals surface area contributed by atoms with E-state index in [4.69, 9.17) is 4.74 Å². The van der Waals surface area contributed by atoms with Crippen molar-refractivity contribution in [1.82, 2.24) is 10.2 Å². The molecule has 1 aromatic rings. The Labute approximate surface area is 131 Å². The minimum Gasteiger partial charge on any atom is -0.374 e. The van der Waals surface area contributed by atoms with Crippen LogP contribution in [0, 0.1) is 0 Å². The maximum Gasteiger partial charge on any atom is 0.244 e. The fourth-order valence-electron chi connectivity index (χ4n) is 2.81. The van der Waals surface area contributed by atoms with E-state index in [1.165, 1.54) is 4.88 Å². The summed E-state index contributed by atoms with van der Waals surface area (Å²) in [7, 11) is 0. The molecule has 0 radical (unpaired) electrons. The molecular weight excluding hydrogens is 284 g/mol. The highest BCUT2D eigenvalue weighted by atomic mass is 32.1. The first-order valence-corrected chi connectivity index (χ1v) is 8.47. The standard InChI is InChI=1S/C16H26N2O2S/c1-6-16(5)14(19)18(11-15(3,4)20-7-2)13(17-16)12-9-8-10-21-12/h8-10,13,17H,6-7,11H2,1-5H3. The number of amides is 1. The zero-order valence-electron chi connectivity index (χ0n) is 13.6. The third-order valence-electron chi connectivity index (χ3n) is 4.11. The lowest BCUT2D eigenvalue weighted by atomic mass is 9.99. The molecule has 118 valence electrons. The van der Waals surface area contributed by atoms with Gasteiger partial charge in [-0.3, -0.25) is 10.1 Å². The van der Waals surface area contributed by atoms with Crippen LogP contribution in [0.2, 0.25) is 0 Å². The molecule has 1 aliphatic rings. The zero-order chi connectivity index (χ0) is 15.7. The van der Waals surface area contributed by atoms with Crippen LogP contribution in [0.25, 0.3) is 0 Å². The van der Waals surface area contributed by atoms with Crippen LogP contribution in [-0.2, 0) is 9.53 Å². The third-order valence-corrected chi connectivity index (χ3v) is 5.03. The first-order chi connectivity index (χ1) is 9.83. The van der Waals surface area contributed by atoms with Crippen LogP contribution in [0.15, 0.2) is 17.5 Å². The first-order valence-electron chi connectivity index (χ1n) is 7.59. The number of nitrogens with one attached hydrogen (secondary N) is 1. The molecule has 1 saturated heterocycles. The van der Waals surface area contributed by atoms with Crippen molar-refractivity contribution < 1.29 is 9.53 Å². The Morgan fingerprint density at radius 3 is 2.71 bits per heavy atom. The second-order valence-electron chi connectivity index (χ2n) is 6.37. The highest BCUT2D eigenvalue weighted by molar-refractivity contribution is 7.10. The predicted molar refractivity (Wildman–Crippen MR) is 86.3 cm³/mol. The highest BCUT2D eigenvalue weighted by Crippen LogP contribution is 2.35. The molecule has 2 unspecified atom stereocenters. The quantitative estimate of drug-likeness (QED) is 0.877.